The van der Waals surface area contributed by atoms with E-state index in [4.69, 9.17) is 11.6 Å². The molecule has 0 bridgehead atoms. The third kappa shape index (κ3) is 3.35. The van der Waals surface area contributed by atoms with Crippen LogP contribution in [-0.4, -0.2) is 22.9 Å². The molecule has 0 aromatic rings. The quantitative estimate of drug-likeness (QED) is 0.496. The van der Waals surface area contributed by atoms with E-state index in [0.29, 0.717) is 12.0 Å². The molecule has 1 unspecified atom stereocenters. The molecule has 0 spiro atoms. The third-order valence-corrected chi connectivity index (χ3v) is 2.76. The molecule has 13 heavy (non-hydrogen) atoms. The molecule has 0 saturated carbocycles. The van der Waals surface area contributed by atoms with E-state index in [1.165, 1.54) is 6.42 Å². The summed E-state index contributed by atoms with van der Waals surface area (Å²) < 4.78 is 0. The molecule has 1 saturated heterocycles. The summed E-state index contributed by atoms with van der Waals surface area (Å²) >= 11 is 5.48. The lowest BCUT2D eigenvalue weighted by atomic mass is 9.93. The second-order valence-electron chi connectivity index (χ2n) is 3.75. The van der Waals surface area contributed by atoms with E-state index in [1.807, 2.05) is 0 Å². The van der Waals surface area contributed by atoms with Crippen LogP contribution >= 0.6 is 24.0 Å². The highest BCUT2D eigenvalue weighted by molar-refractivity contribution is 6.62. The number of hydrogen-bond donors (Lipinski definition) is 0. The Morgan fingerprint density at radius 1 is 1.46 bits per heavy atom. The molecule has 0 aliphatic carbocycles. The molecule has 1 heterocycles. The van der Waals surface area contributed by atoms with Gasteiger partial charge >= 0.3 is 5.37 Å². The molecule has 0 N–H and O–H groups in total. The minimum absolute atomic E-state index is 0. The van der Waals surface area contributed by atoms with Crippen molar-refractivity contribution in [1.82, 2.24) is 4.90 Å². The Balaban J connectivity index is 0.00000144. The van der Waals surface area contributed by atoms with Crippen LogP contribution in [0.5, 0.6) is 0 Å². The molecule has 0 aromatic heterocycles. The van der Waals surface area contributed by atoms with Crippen LogP contribution in [0.15, 0.2) is 0 Å². The molecule has 1 rings (SSSR count). The summed E-state index contributed by atoms with van der Waals surface area (Å²) in [6.45, 7) is 5.12. The fraction of sp³-hybridized carbons (Fsp3) is 0.889. The predicted octanol–water partition coefficient (Wildman–Crippen LogP) is 3.28. The maximum Gasteiger partial charge on any atom is 0.316 e. The van der Waals surface area contributed by atoms with Gasteiger partial charge in [-0.1, -0.05) is 13.8 Å². The molecule has 1 aliphatic rings. The molecule has 1 atom stereocenters. The summed E-state index contributed by atoms with van der Waals surface area (Å²) in [4.78, 5) is 12.8. The van der Waals surface area contributed by atoms with E-state index in [9.17, 15) is 4.79 Å². The average Bonchev–Trinajstić information content (AvgIpc) is 2.04. The molecule has 0 radical (unpaired) electrons. The minimum atomic E-state index is -0.284. The fourth-order valence-electron chi connectivity index (χ4n) is 1.87. The van der Waals surface area contributed by atoms with Crippen molar-refractivity contribution in [2.75, 3.05) is 6.54 Å². The summed E-state index contributed by atoms with van der Waals surface area (Å²) in [6, 6.07) is 0.365. The summed E-state index contributed by atoms with van der Waals surface area (Å²) in [5, 5.41) is -0.284. The van der Waals surface area contributed by atoms with Crippen LogP contribution in [0.3, 0.4) is 0 Å². The Morgan fingerprint density at radius 3 is 2.46 bits per heavy atom. The van der Waals surface area contributed by atoms with Crippen molar-refractivity contribution in [2.24, 2.45) is 5.92 Å². The normalized spacial score (nSPS) is 22.8. The number of rotatable bonds is 1. The van der Waals surface area contributed by atoms with Gasteiger partial charge in [0.05, 0.1) is 0 Å². The Labute approximate surface area is 91.0 Å². The first kappa shape index (κ1) is 13.1. The Morgan fingerprint density at radius 2 is 2.08 bits per heavy atom. The Bertz CT molecular complexity index is 173. The molecular weight excluding hydrogens is 209 g/mol. The lowest BCUT2D eigenvalue weighted by molar-refractivity contribution is 0.145. The van der Waals surface area contributed by atoms with Gasteiger partial charge in [-0.3, -0.25) is 4.79 Å². The number of hydrogen-bond acceptors (Lipinski definition) is 1. The van der Waals surface area contributed by atoms with Crippen molar-refractivity contribution in [3.8, 4) is 0 Å². The van der Waals surface area contributed by atoms with Crippen LogP contribution in [0.1, 0.15) is 33.1 Å². The average molecular weight is 226 g/mol. The van der Waals surface area contributed by atoms with Crippen molar-refractivity contribution in [3.63, 3.8) is 0 Å². The molecule has 78 valence electrons. The monoisotopic (exact) mass is 225 g/mol. The van der Waals surface area contributed by atoms with Crippen LogP contribution in [-0.2, 0) is 0 Å². The maximum absolute atomic E-state index is 11.0. The molecule has 1 fully saturated rings. The molecule has 0 aromatic carbocycles. The Kier molecular flexibility index (Phi) is 5.73. The first-order chi connectivity index (χ1) is 5.63. The lowest BCUT2D eigenvalue weighted by Gasteiger charge is -2.36. The number of piperidine rings is 1. The zero-order chi connectivity index (χ0) is 9.14. The van der Waals surface area contributed by atoms with E-state index in [-0.39, 0.29) is 17.8 Å². The van der Waals surface area contributed by atoms with Gasteiger partial charge in [-0.15, -0.1) is 12.4 Å². The highest BCUT2D eigenvalue weighted by atomic mass is 35.5. The zero-order valence-electron chi connectivity index (χ0n) is 8.12. The van der Waals surface area contributed by atoms with Crippen molar-refractivity contribution in [3.05, 3.63) is 0 Å². The summed E-state index contributed by atoms with van der Waals surface area (Å²) in [5.74, 6) is 0.521. The van der Waals surface area contributed by atoms with Crippen LogP contribution in [0.2, 0.25) is 0 Å². The smallest absolute Gasteiger partial charge is 0.316 e. The standard InChI is InChI=1S/C9H16ClNO.ClH/c1-7(2)8-5-3-4-6-11(8)9(10)12;/h7-8H,3-6H2,1-2H3;1H. The van der Waals surface area contributed by atoms with Gasteiger partial charge in [-0.2, -0.15) is 0 Å². The molecule has 1 amide bonds. The molecule has 1 aliphatic heterocycles. The van der Waals surface area contributed by atoms with Gasteiger partial charge in [0, 0.05) is 12.6 Å². The highest BCUT2D eigenvalue weighted by Gasteiger charge is 2.27. The third-order valence-electron chi connectivity index (χ3n) is 2.54. The maximum atomic E-state index is 11.0. The number of nitrogens with zero attached hydrogens (tertiary/aromatic N) is 1. The molecular formula is C9H17Cl2NO. The van der Waals surface area contributed by atoms with E-state index in [0.717, 1.165) is 19.4 Å². The number of carbonyl (C=O) groups is 1. The van der Waals surface area contributed by atoms with Crippen molar-refractivity contribution in [2.45, 2.75) is 39.2 Å². The van der Waals surface area contributed by atoms with Crippen LogP contribution in [0.25, 0.3) is 0 Å². The molecule has 2 nitrogen and oxygen atoms in total. The highest BCUT2D eigenvalue weighted by Crippen LogP contribution is 2.23. The van der Waals surface area contributed by atoms with Crippen molar-refractivity contribution < 1.29 is 4.79 Å². The van der Waals surface area contributed by atoms with Crippen LogP contribution in [0.4, 0.5) is 4.79 Å². The van der Waals surface area contributed by atoms with Gasteiger partial charge in [0.2, 0.25) is 0 Å². The number of halogens is 2. The second kappa shape index (κ2) is 5.71. The largest absolute Gasteiger partial charge is 0.326 e. The van der Waals surface area contributed by atoms with E-state index in [1.54, 1.807) is 4.90 Å². The van der Waals surface area contributed by atoms with Gasteiger partial charge in [0.15, 0.2) is 0 Å². The molecule has 4 heteroatoms. The summed E-state index contributed by atoms with van der Waals surface area (Å²) in [5.41, 5.74) is 0. The van der Waals surface area contributed by atoms with Crippen molar-refractivity contribution in [1.29, 1.82) is 0 Å². The zero-order valence-corrected chi connectivity index (χ0v) is 9.70. The van der Waals surface area contributed by atoms with Crippen LogP contribution < -0.4 is 0 Å². The minimum Gasteiger partial charge on any atom is -0.326 e. The van der Waals surface area contributed by atoms with Gasteiger partial charge in [-0.05, 0) is 36.8 Å². The van der Waals surface area contributed by atoms with Gasteiger partial charge in [0.1, 0.15) is 0 Å². The van der Waals surface area contributed by atoms with E-state index in [2.05, 4.69) is 13.8 Å². The number of likely N-dealkylation sites (tertiary alicyclic amines) is 1. The number of amides is 1. The summed E-state index contributed by atoms with van der Waals surface area (Å²) in [7, 11) is 0. The first-order valence-electron chi connectivity index (χ1n) is 4.59. The van der Waals surface area contributed by atoms with Gasteiger partial charge in [0.25, 0.3) is 0 Å². The fourth-order valence-corrected chi connectivity index (χ4v) is 2.08. The van der Waals surface area contributed by atoms with E-state index >= 15 is 0 Å². The SMILES string of the molecule is CC(C)C1CCCCN1C(=O)Cl.Cl. The Hall–Kier alpha value is 0.0500. The van der Waals surface area contributed by atoms with E-state index < -0.39 is 0 Å². The predicted molar refractivity (Wildman–Crippen MR) is 57.7 cm³/mol. The van der Waals surface area contributed by atoms with Crippen molar-refractivity contribution >= 4 is 29.4 Å². The first-order valence-corrected chi connectivity index (χ1v) is 4.97. The summed E-state index contributed by atoms with van der Waals surface area (Å²) in [6.07, 6.45) is 3.43. The van der Waals surface area contributed by atoms with Gasteiger partial charge in [-0.25, -0.2) is 0 Å². The van der Waals surface area contributed by atoms with Crippen LogP contribution in [0, 0.1) is 5.92 Å². The van der Waals surface area contributed by atoms with Gasteiger partial charge < -0.3 is 4.90 Å². The number of carbonyl (C=O) groups excluding carboxylic acids is 1. The lowest BCUT2D eigenvalue weighted by Crippen LogP contribution is -2.43. The second-order valence-corrected chi connectivity index (χ2v) is 4.08. The topological polar surface area (TPSA) is 20.3 Å².